The fourth-order valence-electron chi connectivity index (χ4n) is 10.0. The highest BCUT2D eigenvalue weighted by Gasteiger charge is 2.59. The van der Waals surface area contributed by atoms with Gasteiger partial charge in [0.15, 0.2) is 0 Å². The van der Waals surface area contributed by atoms with Gasteiger partial charge in [-0.1, -0.05) is 65.5 Å². The first-order valence-electron chi connectivity index (χ1n) is 16.1. The minimum atomic E-state index is -1.37. The smallest absolute Gasteiger partial charge is 0.253 e. The van der Waals surface area contributed by atoms with Crippen molar-refractivity contribution in [2.24, 2.45) is 51.8 Å². The topological polar surface area (TPSA) is 76.7 Å². The molecule has 0 aromatic carbocycles. The first kappa shape index (κ1) is 29.5. The Balaban J connectivity index is 1.17. The van der Waals surface area contributed by atoms with E-state index in [0.717, 1.165) is 54.8 Å². The van der Waals surface area contributed by atoms with E-state index in [2.05, 4.69) is 46.0 Å². The van der Waals surface area contributed by atoms with E-state index in [9.17, 15) is 5.11 Å². The van der Waals surface area contributed by atoms with Gasteiger partial charge in [-0.15, -0.1) is 0 Å². The Labute approximate surface area is 234 Å². The number of aliphatic hydroxyl groups is 1. The van der Waals surface area contributed by atoms with Gasteiger partial charge in [-0.05, 0) is 104 Å². The summed E-state index contributed by atoms with van der Waals surface area (Å²) in [5, 5.41) is 13.0. The quantitative estimate of drug-likeness (QED) is 0.197. The van der Waals surface area contributed by atoms with Crippen LogP contribution in [0.15, 0.2) is 11.6 Å². The Morgan fingerprint density at radius 1 is 1.11 bits per heavy atom. The third-order valence-corrected chi connectivity index (χ3v) is 13.0. The lowest BCUT2D eigenvalue weighted by Crippen LogP contribution is -2.51. The van der Waals surface area contributed by atoms with Crippen LogP contribution >= 0.6 is 8.53 Å². The summed E-state index contributed by atoms with van der Waals surface area (Å²) in [6.45, 7) is 13.8. The number of nitrogens with one attached hydrogen (secondary N) is 1. The number of allylic oxidation sites excluding steroid dienone is 1. The molecule has 0 radical (unpaired) electrons. The van der Waals surface area contributed by atoms with Crippen LogP contribution in [0.25, 0.3) is 0 Å². The summed E-state index contributed by atoms with van der Waals surface area (Å²) in [6.07, 6.45) is 17.9. The molecule has 5 nitrogen and oxygen atoms in total. The molecule has 2 unspecified atom stereocenters. The largest absolute Gasteiger partial charge is 0.392 e. The fourth-order valence-corrected chi connectivity index (χ4v) is 10.9. The molecule has 0 aromatic rings. The second-order valence-electron chi connectivity index (χ2n) is 14.8. The summed E-state index contributed by atoms with van der Waals surface area (Å²) in [5.41, 5.74) is 8.84. The first-order chi connectivity index (χ1) is 18.1. The van der Waals surface area contributed by atoms with E-state index in [1.807, 2.05) is 0 Å². The van der Waals surface area contributed by atoms with Gasteiger partial charge < -0.3 is 19.5 Å². The van der Waals surface area contributed by atoms with Gasteiger partial charge in [-0.3, -0.25) is 5.50 Å². The van der Waals surface area contributed by atoms with Crippen molar-refractivity contribution in [1.29, 1.82) is 0 Å². The van der Waals surface area contributed by atoms with Gasteiger partial charge in [0.05, 0.1) is 18.8 Å². The van der Waals surface area contributed by atoms with E-state index in [1.165, 1.54) is 57.8 Å². The average molecular weight is 549 g/mol. The maximum atomic E-state index is 9.71. The van der Waals surface area contributed by atoms with Crippen LogP contribution < -0.4 is 10.8 Å². The van der Waals surface area contributed by atoms with Crippen molar-refractivity contribution in [2.75, 3.05) is 13.2 Å². The number of hydrogen-bond donors (Lipinski definition) is 3. The van der Waals surface area contributed by atoms with Crippen LogP contribution in [-0.4, -0.2) is 36.5 Å². The number of β-amino-alcohol motifs (C(OH)–C–C–N with tert-alkyl or cyclic N) is 1. The molecule has 4 aliphatic carbocycles. The van der Waals surface area contributed by atoms with Gasteiger partial charge in [0.2, 0.25) is 0 Å². The maximum Gasteiger partial charge on any atom is 0.253 e. The standard InChI is InChI=1S/C32H57N2O3P/c1-21(2)7-6-8-22(3)28-11-12-29-27-10-9-23-17-26(37-38(33)36-20-24-18-25(35)19-34-24)13-15-31(23,4)30(27)14-16-32(28,29)5/h9,21-22,24-30,34-35H,6-8,10-20,33H2,1-5H3/t22-,24+,25?,26+,27+,28-,29+,30+,31+,32-,38?/m1/s1. The van der Waals surface area contributed by atoms with Gasteiger partial charge in [-0.2, -0.15) is 0 Å². The molecular formula is C32H57N2O3P. The van der Waals surface area contributed by atoms with Crippen LogP contribution in [0.5, 0.6) is 0 Å². The SMILES string of the molecule is CC(C)CCC[C@@H](C)[C@H]1CC[C@H]2[C@@H]3CC=C4C[C@@H](OP(N)OC[C@@H]5CC(O)CN5)CC[C@]4(C)[C@H]3CC[C@]12C. The van der Waals surface area contributed by atoms with Crippen molar-refractivity contribution in [3.8, 4) is 0 Å². The lowest BCUT2D eigenvalue weighted by Gasteiger charge is -2.58. The molecule has 0 bridgehead atoms. The summed E-state index contributed by atoms with van der Waals surface area (Å²) < 4.78 is 12.1. The van der Waals surface area contributed by atoms with Crippen LogP contribution in [0.4, 0.5) is 0 Å². The van der Waals surface area contributed by atoms with E-state index in [0.29, 0.717) is 24.0 Å². The average Bonchev–Trinajstić information content (AvgIpc) is 3.45. The van der Waals surface area contributed by atoms with Crippen molar-refractivity contribution in [3.05, 3.63) is 11.6 Å². The zero-order valence-electron chi connectivity index (χ0n) is 25.0. The van der Waals surface area contributed by atoms with Crippen molar-refractivity contribution < 1.29 is 14.2 Å². The molecular weight excluding hydrogens is 491 g/mol. The molecule has 0 spiro atoms. The monoisotopic (exact) mass is 548 g/mol. The second-order valence-corrected chi connectivity index (χ2v) is 15.9. The zero-order chi connectivity index (χ0) is 27.1. The number of nitrogens with two attached hydrogens (primary N) is 1. The molecule has 3 saturated carbocycles. The molecule has 1 aliphatic heterocycles. The minimum Gasteiger partial charge on any atom is -0.392 e. The Morgan fingerprint density at radius 3 is 2.66 bits per heavy atom. The van der Waals surface area contributed by atoms with Crippen LogP contribution in [-0.2, 0) is 9.05 Å². The molecule has 1 saturated heterocycles. The Bertz CT molecular complexity index is 838. The number of fused-ring (bicyclic) bond motifs is 5. The molecule has 1 heterocycles. The molecule has 5 aliphatic rings. The highest BCUT2D eigenvalue weighted by Crippen LogP contribution is 2.67. The van der Waals surface area contributed by atoms with E-state index in [1.54, 1.807) is 5.57 Å². The minimum absolute atomic E-state index is 0.181. The zero-order valence-corrected chi connectivity index (χ0v) is 25.9. The Hall–Kier alpha value is -0.0300. The van der Waals surface area contributed by atoms with E-state index in [4.69, 9.17) is 14.6 Å². The maximum absolute atomic E-state index is 9.71. The highest BCUT2D eigenvalue weighted by molar-refractivity contribution is 7.44. The molecule has 4 fully saturated rings. The molecule has 38 heavy (non-hydrogen) atoms. The van der Waals surface area contributed by atoms with Crippen molar-refractivity contribution in [1.82, 2.24) is 5.32 Å². The number of aliphatic hydroxyl groups excluding tert-OH is 1. The lowest BCUT2D eigenvalue weighted by atomic mass is 9.47. The Kier molecular flexibility index (Phi) is 9.35. The summed E-state index contributed by atoms with van der Waals surface area (Å²) in [6, 6.07) is 0.185. The first-order valence-corrected chi connectivity index (χ1v) is 17.3. The molecule has 218 valence electrons. The summed E-state index contributed by atoms with van der Waals surface area (Å²) in [4.78, 5) is 0. The van der Waals surface area contributed by atoms with Gasteiger partial charge in [0, 0.05) is 12.6 Å². The lowest BCUT2D eigenvalue weighted by molar-refractivity contribution is -0.0560. The van der Waals surface area contributed by atoms with E-state index in [-0.39, 0.29) is 18.2 Å². The predicted octanol–water partition coefficient (Wildman–Crippen LogP) is 7.34. The van der Waals surface area contributed by atoms with Crippen LogP contribution in [0.3, 0.4) is 0 Å². The molecule has 0 amide bonds. The fraction of sp³-hybridized carbons (Fsp3) is 0.938. The molecule has 4 N–H and O–H groups in total. The van der Waals surface area contributed by atoms with Gasteiger partial charge in [-0.25, -0.2) is 0 Å². The van der Waals surface area contributed by atoms with Crippen molar-refractivity contribution in [3.63, 3.8) is 0 Å². The van der Waals surface area contributed by atoms with Crippen LogP contribution in [0.2, 0.25) is 0 Å². The third kappa shape index (κ3) is 5.95. The summed E-state index contributed by atoms with van der Waals surface area (Å²) >= 11 is 0. The molecule has 5 rings (SSSR count). The normalized spacial score (nSPS) is 44.3. The molecule has 11 atom stereocenters. The highest BCUT2D eigenvalue weighted by atomic mass is 31.2. The summed E-state index contributed by atoms with van der Waals surface area (Å²) in [5.74, 6) is 5.26. The van der Waals surface area contributed by atoms with Crippen molar-refractivity contribution in [2.45, 2.75) is 130 Å². The van der Waals surface area contributed by atoms with E-state index >= 15 is 0 Å². The van der Waals surface area contributed by atoms with Gasteiger partial charge in [0.25, 0.3) is 8.53 Å². The number of hydrogen-bond acceptors (Lipinski definition) is 5. The van der Waals surface area contributed by atoms with Gasteiger partial charge >= 0.3 is 0 Å². The number of rotatable bonds is 10. The summed E-state index contributed by atoms with van der Waals surface area (Å²) in [7, 11) is -1.37. The molecule has 6 heteroatoms. The second kappa shape index (κ2) is 12.1. The van der Waals surface area contributed by atoms with E-state index < -0.39 is 8.53 Å². The predicted molar refractivity (Wildman–Crippen MR) is 157 cm³/mol. The Morgan fingerprint density at radius 2 is 1.92 bits per heavy atom. The van der Waals surface area contributed by atoms with Crippen molar-refractivity contribution >= 4 is 8.53 Å². The third-order valence-electron chi connectivity index (χ3n) is 12.1. The van der Waals surface area contributed by atoms with Gasteiger partial charge in [0.1, 0.15) is 0 Å². The van der Waals surface area contributed by atoms with Crippen LogP contribution in [0.1, 0.15) is 112 Å². The molecule has 0 aromatic heterocycles. The van der Waals surface area contributed by atoms with Crippen LogP contribution in [0, 0.1) is 46.3 Å².